The van der Waals surface area contributed by atoms with Crippen molar-refractivity contribution in [2.45, 2.75) is 19.9 Å². The molecule has 1 N–H and O–H groups in total. The Morgan fingerprint density at radius 2 is 1.85 bits per heavy atom. The van der Waals surface area contributed by atoms with E-state index in [4.69, 9.17) is 4.74 Å². The lowest BCUT2D eigenvalue weighted by Crippen LogP contribution is -2.39. The minimum Gasteiger partial charge on any atom is -0.508 e. The molecule has 1 aliphatic rings. The minimum atomic E-state index is -0.640. The van der Waals surface area contributed by atoms with Gasteiger partial charge in [-0.05, 0) is 55.3 Å². The van der Waals surface area contributed by atoms with Crippen molar-refractivity contribution in [2.75, 3.05) is 25.6 Å². The van der Waals surface area contributed by atoms with Crippen LogP contribution in [0, 0.1) is 0 Å². The molecular formula is C25H25N3O4S. The van der Waals surface area contributed by atoms with Crippen LogP contribution in [0.25, 0.3) is 6.08 Å². The van der Waals surface area contributed by atoms with Gasteiger partial charge < -0.3 is 14.7 Å². The van der Waals surface area contributed by atoms with Crippen LogP contribution < -0.4 is 19.8 Å². The van der Waals surface area contributed by atoms with Crippen LogP contribution in [0.1, 0.15) is 31.0 Å². The van der Waals surface area contributed by atoms with Gasteiger partial charge in [0.1, 0.15) is 5.75 Å². The van der Waals surface area contributed by atoms with Crippen molar-refractivity contribution in [3.8, 4) is 5.75 Å². The summed E-state index contributed by atoms with van der Waals surface area (Å²) in [7, 11) is 3.91. The molecule has 1 unspecified atom stereocenters. The number of hydrogen-bond donors (Lipinski definition) is 1. The highest BCUT2D eigenvalue weighted by Gasteiger charge is 2.33. The molecule has 1 aliphatic heterocycles. The van der Waals surface area contributed by atoms with Crippen LogP contribution in [0.4, 0.5) is 5.69 Å². The standard InChI is InChI=1S/C25H25N3O4S/c1-5-32-24(31)21-15(2)26-25-28(22(21)17-8-10-18(11-9-17)27(3)4)23(30)20(33-25)14-16-6-12-19(29)13-7-16/h6-14,22,29H,5H2,1-4H3/b20-14+. The number of thiazole rings is 1. The second-order valence-corrected chi connectivity index (χ2v) is 8.89. The molecule has 0 saturated heterocycles. The lowest BCUT2D eigenvalue weighted by Gasteiger charge is -2.25. The van der Waals surface area contributed by atoms with Crippen molar-refractivity contribution in [3.63, 3.8) is 0 Å². The van der Waals surface area contributed by atoms with E-state index in [9.17, 15) is 14.7 Å². The summed E-state index contributed by atoms with van der Waals surface area (Å²) >= 11 is 1.27. The molecule has 7 nitrogen and oxygen atoms in total. The Bertz CT molecular complexity index is 1400. The Balaban J connectivity index is 1.92. The predicted octanol–water partition coefficient (Wildman–Crippen LogP) is 2.57. The van der Waals surface area contributed by atoms with Crippen molar-refractivity contribution in [1.29, 1.82) is 0 Å². The highest BCUT2D eigenvalue weighted by Crippen LogP contribution is 2.31. The SMILES string of the molecule is CCOC(=O)C1=C(C)N=c2s/c(=C/c3ccc(O)cc3)c(=O)n2C1c1ccc(N(C)C)cc1. The van der Waals surface area contributed by atoms with Crippen LogP contribution in [0.15, 0.2) is 69.6 Å². The van der Waals surface area contributed by atoms with Gasteiger partial charge in [0.05, 0.1) is 28.5 Å². The monoisotopic (exact) mass is 463 g/mol. The second-order valence-electron chi connectivity index (χ2n) is 7.88. The molecule has 0 saturated carbocycles. The fraction of sp³-hybridized carbons (Fsp3) is 0.240. The lowest BCUT2D eigenvalue weighted by molar-refractivity contribution is -0.139. The molecule has 2 heterocycles. The topological polar surface area (TPSA) is 84.1 Å². The van der Waals surface area contributed by atoms with Gasteiger partial charge in [0.2, 0.25) is 0 Å². The van der Waals surface area contributed by atoms with E-state index in [2.05, 4.69) is 4.99 Å². The zero-order valence-corrected chi connectivity index (χ0v) is 19.7. The van der Waals surface area contributed by atoms with Crippen LogP contribution in [-0.4, -0.2) is 36.3 Å². The van der Waals surface area contributed by atoms with E-state index in [1.54, 1.807) is 48.8 Å². The van der Waals surface area contributed by atoms with E-state index in [-0.39, 0.29) is 17.9 Å². The summed E-state index contributed by atoms with van der Waals surface area (Å²) < 4.78 is 7.39. The molecule has 8 heteroatoms. The number of allylic oxidation sites excluding steroid dienone is 1. The summed E-state index contributed by atoms with van der Waals surface area (Å²) in [6, 6.07) is 13.7. The number of aromatic hydroxyl groups is 1. The first-order valence-corrected chi connectivity index (χ1v) is 11.4. The Hall–Kier alpha value is -3.65. The maximum absolute atomic E-state index is 13.5. The molecule has 0 fully saturated rings. The molecule has 0 spiro atoms. The third-order valence-corrected chi connectivity index (χ3v) is 6.42. The fourth-order valence-electron chi connectivity index (χ4n) is 3.78. The van der Waals surface area contributed by atoms with Gasteiger partial charge in [0, 0.05) is 19.8 Å². The van der Waals surface area contributed by atoms with Crippen LogP contribution >= 0.6 is 11.3 Å². The van der Waals surface area contributed by atoms with Crippen molar-refractivity contribution >= 4 is 29.1 Å². The summed E-state index contributed by atoms with van der Waals surface area (Å²) in [5.41, 5.74) is 3.26. The van der Waals surface area contributed by atoms with E-state index in [1.165, 1.54) is 11.3 Å². The first-order valence-electron chi connectivity index (χ1n) is 10.6. The fourth-order valence-corrected chi connectivity index (χ4v) is 4.83. The predicted molar refractivity (Wildman–Crippen MR) is 129 cm³/mol. The summed E-state index contributed by atoms with van der Waals surface area (Å²) in [6.07, 6.45) is 1.76. The van der Waals surface area contributed by atoms with Crippen LogP contribution in [0.3, 0.4) is 0 Å². The summed E-state index contributed by atoms with van der Waals surface area (Å²) in [5, 5.41) is 9.53. The average molecular weight is 464 g/mol. The van der Waals surface area contributed by atoms with Gasteiger partial charge in [-0.2, -0.15) is 0 Å². The lowest BCUT2D eigenvalue weighted by atomic mass is 9.95. The van der Waals surface area contributed by atoms with E-state index < -0.39 is 12.0 Å². The molecule has 3 aromatic rings. The molecule has 0 amide bonds. The Kier molecular flexibility index (Phi) is 6.20. The Morgan fingerprint density at radius 3 is 2.45 bits per heavy atom. The second kappa shape index (κ2) is 9.07. The number of nitrogens with zero attached hydrogens (tertiary/aromatic N) is 3. The molecule has 33 heavy (non-hydrogen) atoms. The molecule has 0 aliphatic carbocycles. The number of benzene rings is 2. The maximum atomic E-state index is 13.5. The van der Waals surface area contributed by atoms with E-state index in [0.29, 0.717) is 20.6 Å². The number of ether oxygens (including phenoxy) is 1. The summed E-state index contributed by atoms with van der Waals surface area (Å²) in [4.78, 5) is 33.5. The molecule has 0 bridgehead atoms. The van der Waals surface area contributed by atoms with Crippen LogP contribution in [0.5, 0.6) is 5.75 Å². The van der Waals surface area contributed by atoms with Gasteiger partial charge in [-0.1, -0.05) is 35.6 Å². The molecule has 4 rings (SSSR count). The van der Waals surface area contributed by atoms with Crippen molar-refractivity contribution in [2.24, 2.45) is 4.99 Å². The van der Waals surface area contributed by atoms with Gasteiger partial charge in [-0.25, -0.2) is 9.79 Å². The van der Waals surface area contributed by atoms with Crippen LogP contribution in [-0.2, 0) is 9.53 Å². The van der Waals surface area contributed by atoms with Gasteiger partial charge in [-0.15, -0.1) is 0 Å². The summed E-state index contributed by atoms with van der Waals surface area (Å²) in [6.45, 7) is 3.75. The Labute approximate surface area is 195 Å². The van der Waals surface area contributed by atoms with Crippen molar-refractivity contribution < 1.29 is 14.6 Å². The molecular weight excluding hydrogens is 438 g/mol. The highest BCUT2D eigenvalue weighted by molar-refractivity contribution is 7.07. The van der Waals surface area contributed by atoms with Crippen molar-refractivity contribution in [3.05, 3.63) is 90.6 Å². The maximum Gasteiger partial charge on any atom is 0.338 e. The number of rotatable bonds is 5. The Morgan fingerprint density at radius 1 is 1.18 bits per heavy atom. The molecule has 170 valence electrons. The van der Waals surface area contributed by atoms with Gasteiger partial charge in [0.25, 0.3) is 5.56 Å². The molecule has 0 radical (unpaired) electrons. The third kappa shape index (κ3) is 4.34. The number of anilines is 1. The van der Waals surface area contributed by atoms with Crippen molar-refractivity contribution in [1.82, 2.24) is 4.57 Å². The number of carbonyl (C=O) groups excluding carboxylic acids is 1. The number of esters is 1. The first-order chi connectivity index (χ1) is 15.8. The molecule has 1 atom stereocenters. The number of carbonyl (C=O) groups is 1. The number of aromatic nitrogens is 1. The van der Waals surface area contributed by atoms with Gasteiger partial charge >= 0.3 is 5.97 Å². The number of phenols is 1. The minimum absolute atomic E-state index is 0.157. The van der Waals surface area contributed by atoms with Crippen LogP contribution in [0.2, 0.25) is 0 Å². The average Bonchev–Trinajstić information content (AvgIpc) is 3.09. The van der Waals surface area contributed by atoms with E-state index in [0.717, 1.165) is 16.8 Å². The number of phenolic OH excluding ortho intramolecular Hbond substituents is 1. The van der Waals surface area contributed by atoms with E-state index >= 15 is 0 Å². The zero-order valence-electron chi connectivity index (χ0n) is 18.9. The number of fused-ring (bicyclic) bond motifs is 1. The molecule has 1 aromatic heterocycles. The third-order valence-electron chi connectivity index (χ3n) is 5.43. The normalized spacial score (nSPS) is 15.8. The first kappa shape index (κ1) is 22.5. The van der Waals surface area contributed by atoms with Gasteiger partial charge in [0.15, 0.2) is 4.80 Å². The smallest absolute Gasteiger partial charge is 0.338 e. The van der Waals surface area contributed by atoms with Gasteiger partial charge in [-0.3, -0.25) is 9.36 Å². The summed E-state index contributed by atoms with van der Waals surface area (Å²) in [5.74, 6) is -0.322. The zero-order chi connectivity index (χ0) is 23.7. The molecule has 2 aromatic carbocycles. The highest BCUT2D eigenvalue weighted by atomic mass is 32.1. The quantitative estimate of drug-likeness (QED) is 0.588. The number of hydrogen-bond acceptors (Lipinski definition) is 7. The largest absolute Gasteiger partial charge is 0.508 e. The van der Waals surface area contributed by atoms with E-state index in [1.807, 2.05) is 43.3 Å².